The second-order valence-corrected chi connectivity index (χ2v) is 18.1. The van der Waals surface area contributed by atoms with Gasteiger partial charge < -0.3 is 9.74 Å². The third-order valence-electron chi connectivity index (χ3n) is 7.67. The molecular formula is C33H55N3O2SSi. The minimum Gasteiger partial charge on any atom is -0.415 e. The highest BCUT2D eigenvalue weighted by molar-refractivity contribution is 7.16. The average molecular weight is 586 g/mol. The molecule has 1 aliphatic heterocycles. The number of hydrogen-bond donors (Lipinski definition) is 1. The lowest BCUT2D eigenvalue weighted by atomic mass is 10.0. The number of nitrogens with one attached hydrogen (secondary N) is 1. The molecule has 7 heteroatoms. The first-order chi connectivity index (χ1) is 19.3. The number of rotatable bonds is 19. The Morgan fingerprint density at radius 3 is 2.08 bits per heavy atom. The van der Waals surface area contributed by atoms with E-state index in [4.69, 9.17) is 9.41 Å². The Balaban J connectivity index is 1.41. The fourth-order valence-corrected chi connectivity index (χ4v) is 7.85. The van der Waals surface area contributed by atoms with Gasteiger partial charge in [0, 0.05) is 29.6 Å². The molecule has 3 rings (SSSR count). The zero-order valence-corrected chi connectivity index (χ0v) is 27.6. The van der Waals surface area contributed by atoms with E-state index in [0.717, 1.165) is 48.7 Å². The monoisotopic (exact) mass is 585 g/mol. The Bertz CT molecular complexity index is 968. The van der Waals surface area contributed by atoms with Gasteiger partial charge in [0.25, 0.3) is 0 Å². The number of thiazole rings is 1. The highest BCUT2D eigenvalue weighted by atomic mass is 32.1. The van der Waals surface area contributed by atoms with Crippen molar-refractivity contribution in [2.24, 2.45) is 0 Å². The number of aromatic nitrogens is 1. The van der Waals surface area contributed by atoms with Gasteiger partial charge in [-0.15, -0.1) is 11.3 Å². The van der Waals surface area contributed by atoms with Crippen LogP contribution in [-0.2, 0) is 15.6 Å². The largest absolute Gasteiger partial charge is 0.415 e. The Morgan fingerprint density at radius 2 is 1.50 bits per heavy atom. The predicted octanol–water partition coefficient (Wildman–Crippen LogP) is 9.31. The van der Waals surface area contributed by atoms with E-state index in [1.165, 1.54) is 81.9 Å². The number of likely N-dealkylation sites (tertiary alicyclic amines) is 1. The van der Waals surface area contributed by atoms with E-state index in [2.05, 4.69) is 61.0 Å². The van der Waals surface area contributed by atoms with Crippen LogP contribution < -0.4 is 5.32 Å². The molecule has 224 valence electrons. The molecule has 0 saturated carbocycles. The minimum atomic E-state index is -1.51. The Labute approximate surface area is 249 Å². The van der Waals surface area contributed by atoms with Crippen molar-refractivity contribution in [3.8, 4) is 11.3 Å². The van der Waals surface area contributed by atoms with Gasteiger partial charge in [-0.2, -0.15) is 0 Å². The van der Waals surface area contributed by atoms with Crippen molar-refractivity contribution in [2.45, 2.75) is 129 Å². The van der Waals surface area contributed by atoms with E-state index in [0.29, 0.717) is 12.6 Å². The molecule has 40 heavy (non-hydrogen) atoms. The van der Waals surface area contributed by atoms with Gasteiger partial charge in [-0.3, -0.25) is 9.69 Å². The molecule has 1 amide bonds. The molecule has 0 unspecified atom stereocenters. The SMILES string of the molecule is CCCCCCCCCCCCCCc1sc(NC(=O)CN2CCC(O[Si](C)(C)C)CC2)nc1-c1ccccc1. The van der Waals surface area contributed by atoms with Crippen molar-refractivity contribution in [3.63, 3.8) is 0 Å². The summed E-state index contributed by atoms with van der Waals surface area (Å²) in [5.74, 6) is 0.0369. The molecule has 1 aromatic heterocycles. The van der Waals surface area contributed by atoms with Crippen molar-refractivity contribution in [2.75, 3.05) is 25.0 Å². The number of anilines is 1. The van der Waals surface area contributed by atoms with Gasteiger partial charge in [-0.05, 0) is 45.3 Å². The first-order valence-corrected chi connectivity index (χ1v) is 20.3. The van der Waals surface area contributed by atoms with Crippen molar-refractivity contribution in [1.82, 2.24) is 9.88 Å². The molecule has 1 saturated heterocycles. The summed E-state index contributed by atoms with van der Waals surface area (Å²) in [5, 5.41) is 3.85. The van der Waals surface area contributed by atoms with Crippen LogP contribution >= 0.6 is 11.3 Å². The van der Waals surface area contributed by atoms with Crippen LogP contribution in [0.5, 0.6) is 0 Å². The molecule has 0 aliphatic carbocycles. The van der Waals surface area contributed by atoms with Gasteiger partial charge in [0.05, 0.1) is 12.2 Å². The zero-order valence-electron chi connectivity index (χ0n) is 25.8. The van der Waals surface area contributed by atoms with E-state index >= 15 is 0 Å². The summed E-state index contributed by atoms with van der Waals surface area (Å²) < 4.78 is 6.27. The van der Waals surface area contributed by atoms with Gasteiger partial charge >= 0.3 is 0 Å². The lowest BCUT2D eigenvalue weighted by Crippen LogP contribution is -2.44. The summed E-state index contributed by atoms with van der Waals surface area (Å²) in [5.41, 5.74) is 2.17. The number of benzene rings is 1. The van der Waals surface area contributed by atoms with Crippen LogP contribution in [0.25, 0.3) is 11.3 Å². The molecule has 2 aromatic rings. The van der Waals surface area contributed by atoms with E-state index in [1.54, 1.807) is 11.3 Å². The van der Waals surface area contributed by atoms with E-state index < -0.39 is 8.32 Å². The predicted molar refractivity (Wildman–Crippen MR) is 175 cm³/mol. The topological polar surface area (TPSA) is 54.5 Å². The van der Waals surface area contributed by atoms with Crippen LogP contribution in [0.3, 0.4) is 0 Å². The van der Waals surface area contributed by atoms with Crippen LogP contribution in [-0.4, -0.2) is 49.8 Å². The first-order valence-electron chi connectivity index (χ1n) is 16.1. The van der Waals surface area contributed by atoms with Gasteiger partial charge in [-0.25, -0.2) is 4.98 Å². The van der Waals surface area contributed by atoms with Gasteiger partial charge in [-0.1, -0.05) is 108 Å². The fourth-order valence-electron chi connectivity index (χ4n) is 5.57. The summed E-state index contributed by atoms with van der Waals surface area (Å²) in [4.78, 5) is 21.3. The lowest BCUT2D eigenvalue weighted by molar-refractivity contribution is -0.117. The van der Waals surface area contributed by atoms with Crippen molar-refractivity contribution in [3.05, 3.63) is 35.2 Å². The summed E-state index contributed by atoms with van der Waals surface area (Å²) in [6.07, 6.45) is 19.7. The summed E-state index contributed by atoms with van der Waals surface area (Å²) in [6.45, 7) is 11.3. The molecule has 0 spiro atoms. The second-order valence-electron chi connectivity index (χ2n) is 12.5. The lowest BCUT2D eigenvalue weighted by Gasteiger charge is -2.34. The van der Waals surface area contributed by atoms with Gasteiger partial charge in [0.15, 0.2) is 13.4 Å². The van der Waals surface area contributed by atoms with E-state index in [1.807, 2.05) is 6.07 Å². The van der Waals surface area contributed by atoms with Gasteiger partial charge in [0.1, 0.15) is 0 Å². The van der Waals surface area contributed by atoms with Crippen molar-refractivity contribution < 1.29 is 9.22 Å². The number of carbonyl (C=O) groups excluding carboxylic acids is 1. The molecule has 5 nitrogen and oxygen atoms in total. The van der Waals surface area contributed by atoms with Crippen molar-refractivity contribution in [1.29, 1.82) is 0 Å². The number of carbonyl (C=O) groups is 1. The normalized spacial score (nSPS) is 15.0. The number of aryl methyl sites for hydroxylation is 1. The third kappa shape index (κ3) is 13.0. The average Bonchev–Trinajstić information content (AvgIpc) is 3.32. The number of amides is 1. The smallest absolute Gasteiger partial charge is 0.240 e. The molecule has 1 aliphatic rings. The van der Waals surface area contributed by atoms with E-state index in [9.17, 15) is 4.79 Å². The highest BCUT2D eigenvalue weighted by Gasteiger charge is 2.26. The summed E-state index contributed by atoms with van der Waals surface area (Å²) in [6, 6.07) is 10.4. The number of piperidine rings is 1. The van der Waals surface area contributed by atoms with Crippen LogP contribution in [0.1, 0.15) is 102 Å². The minimum absolute atomic E-state index is 0.0369. The fraction of sp³-hybridized carbons (Fsp3) is 0.697. The summed E-state index contributed by atoms with van der Waals surface area (Å²) >= 11 is 1.66. The summed E-state index contributed by atoms with van der Waals surface area (Å²) in [7, 11) is -1.51. The number of unbranched alkanes of at least 4 members (excludes halogenated alkanes) is 11. The molecule has 0 bridgehead atoms. The second kappa shape index (κ2) is 18.1. The number of hydrogen-bond acceptors (Lipinski definition) is 5. The van der Waals surface area contributed by atoms with Crippen LogP contribution in [0.2, 0.25) is 19.6 Å². The Morgan fingerprint density at radius 1 is 0.925 bits per heavy atom. The highest BCUT2D eigenvalue weighted by Crippen LogP contribution is 2.32. The maximum absolute atomic E-state index is 12.9. The molecule has 0 atom stereocenters. The molecule has 1 fully saturated rings. The standard InChI is InChI=1S/C33H55N3O2SSi/c1-5-6-7-8-9-10-11-12-13-14-15-19-22-30-32(28-20-17-16-18-21-28)35-33(39-30)34-31(37)27-36-25-23-29(24-26-36)38-40(2,3)4/h16-18,20-21,29H,5-15,19,22-27H2,1-4H3,(H,34,35,37). The molecular weight excluding hydrogens is 531 g/mol. The molecule has 2 heterocycles. The number of nitrogens with zero attached hydrogens (tertiary/aromatic N) is 2. The Hall–Kier alpha value is -1.54. The van der Waals surface area contributed by atoms with Crippen LogP contribution in [0.4, 0.5) is 5.13 Å². The third-order valence-corrected chi connectivity index (χ3v) is 9.74. The maximum atomic E-state index is 12.9. The maximum Gasteiger partial charge on any atom is 0.240 e. The Kier molecular flexibility index (Phi) is 14.9. The van der Waals surface area contributed by atoms with Crippen LogP contribution in [0.15, 0.2) is 30.3 Å². The molecule has 1 N–H and O–H groups in total. The van der Waals surface area contributed by atoms with Gasteiger partial charge in [0.2, 0.25) is 5.91 Å². The van der Waals surface area contributed by atoms with Crippen molar-refractivity contribution >= 4 is 30.7 Å². The first kappa shape index (κ1) is 33.0. The quantitative estimate of drug-likeness (QED) is 0.132. The van der Waals surface area contributed by atoms with E-state index in [-0.39, 0.29) is 5.91 Å². The zero-order chi connectivity index (χ0) is 28.6. The molecule has 1 aromatic carbocycles. The molecule has 0 radical (unpaired) electrons. The van der Waals surface area contributed by atoms with Crippen LogP contribution in [0, 0.1) is 0 Å².